The van der Waals surface area contributed by atoms with E-state index >= 15 is 4.39 Å². The van der Waals surface area contributed by atoms with Crippen molar-refractivity contribution < 1.29 is 18.7 Å². The summed E-state index contributed by atoms with van der Waals surface area (Å²) in [6, 6.07) is 8.14. The maximum absolute atomic E-state index is 15.2. The second kappa shape index (κ2) is 9.25. The van der Waals surface area contributed by atoms with Crippen LogP contribution in [0, 0.1) is 24.2 Å². The number of aromatic nitrogens is 4. The number of hydrogen-bond acceptors (Lipinski definition) is 7. The lowest BCUT2D eigenvalue weighted by atomic mass is 10.0. The van der Waals surface area contributed by atoms with Crippen molar-refractivity contribution in [2.75, 3.05) is 24.5 Å². The van der Waals surface area contributed by atoms with Gasteiger partial charge in [0.15, 0.2) is 0 Å². The van der Waals surface area contributed by atoms with E-state index in [-0.39, 0.29) is 36.7 Å². The minimum atomic E-state index is -0.748. The molecule has 206 valence electrons. The number of anilines is 1. The molecule has 1 aromatic carbocycles. The molecule has 2 aromatic heterocycles. The van der Waals surface area contributed by atoms with Crippen molar-refractivity contribution in [3.63, 3.8) is 0 Å². The van der Waals surface area contributed by atoms with Gasteiger partial charge in [-0.3, -0.25) is 14.7 Å². The Hall–Kier alpha value is -4.08. The number of cyclic esters (lactones) is 1. The van der Waals surface area contributed by atoms with Crippen LogP contribution in [0.15, 0.2) is 48.9 Å². The smallest absolute Gasteiger partial charge is 0.414 e. The molecule has 2 N–H and O–H groups in total. The van der Waals surface area contributed by atoms with Crippen molar-refractivity contribution >= 4 is 30.1 Å². The Morgan fingerprint density at radius 3 is 2.58 bits per heavy atom. The lowest BCUT2D eigenvalue weighted by molar-refractivity contribution is -0.133. The number of pyridine rings is 1. The van der Waals surface area contributed by atoms with Crippen LogP contribution in [0.2, 0.25) is 0 Å². The summed E-state index contributed by atoms with van der Waals surface area (Å²) in [4.78, 5) is 36.7. The summed E-state index contributed by atoms with van der Waals surface area (Å²) in [7, 11) is 0. The lowest BCUT2D eigenvalue weighted by Crippen LogP contribution is -2.46. The number of halogens is 2. The third-order valence-corrected chi connectivity index (χ3v) is 8.51. The molecule has 7 rings (SSSR count). The number of hydrogen-bond donors (Lipinski definition) is 1. The van der Waals surface area contributed by atoms with Crippen molar-refractivity contribution in [2.24, 2.45) is 17.6 Å². The highest BCUT2D eigenvalue weighted by molar-refractivity contribution is 5.90. The summed E-state index contributed by atoms with van der Waals surface area (Å²) in [5.74, 6) is -0.444. The van der Waals surface area contributed by atoms with Crippen LogP contribution in [0.3, 0.4) is 0 Å². The SMILES string of the molecule is Cl.[C-]#[N+]C1(c2ccc(-c3ccc(N4C[C@H](Cn5ccnn5)OC4=O)cc3F)cn2)[C@@H]2CN(C(=O)C3(N)CC3)C[C@@H]21. The first-order valence-corrected chi connectivity index (χ1v) is 12.9. The van der Waals surface area contributed by atoms with Crippen LogP contribution in [0.5, 0.6) is 0 Å². The maximum atomic E-state index is 15.2. The van der Waals surface area contributed by atoms with Gasteiger partial charge < -0.3 is 20.2 Å². The maximum Gasteiger partial charge on any atom is 0.414 e. The standard InChI is InChI=1S/C27H25FN8O3.ClH/c1-30-27(20-14-34(15-21(20)27)24(37)26(29)6-7-26)23-5-2-16(11-31-23)19-4-3-17(10-22(19)28)36-13-18(39-25(36)38)12-35-9-8-32-33-35;/h2-5,8-11,18,20-21H,6-7,12-15,29H2;1H/t18-,20-,21+,27?;/m0./s1. The highest BCUT2D eigenvalue weighted by Gasteiger charge is 2.78. The van der Waals surface area contributed by atoms with Gasteiger partial charge in [-0.2, -0.15) is 0 Å². The number of carbonyl (C=O) groups is 2. The van der Waals surface area contributed by atoms with Gasteiger partial charge in [0.25, 0.3) is 5.54 Å². The van der Waals surface area contributed by atoms with E-state index in [1.165, 1.54) is 11.0 Å². The topological polar surface area (TPSA) is 124 Å². The predicted octanol–water partition coefficient (Wildman–Crippen LogP) is 2.62. The molecule has 0 spiro atoms. The Kier molecular flexibility index (Phi) is 6.05. The first kappa shape index (κ1) is 26.2. The van der Waals surface area contributed by atoms with Crippen LogP contribution in [-0.2, 0) is 21.6 Å². The fraction of sp³-hybridized carbons (Fsp3) is 0.407. The molecule has 40 heavy (non-hydrogen) atoms. The molecule has 4 heterocycles. The number of likely N-dealkylation sites (tertiary alicyclic amines) is 1. The number of benzene rings is 1. The zero-order valence-corrected chi connectivity index (χ0v) is 22.1. The average Bonchev–Trinajstić information content (AvgIpc) is 3.49. The van der Waals surface area contributed by atoms with Gasteiger partial charge in [0.1, 0.15) is 17.6 Å². The van der Waals surface area contributed by atoms with Gasteiger partial charge in [0, 0.05) is 36.6 Å². The molecule has 4 aliphatic rings. The highest BCUT2D eigenvalue weighted by atomic mass is 35.5. The highest BCUT2D eigenvalue weighted by Crippen LogP contribution is 2.64. The molecule has 1 unspecified atom stereocenters. The van der Waals surface area contributed by atoms with Gasteiger partial charge in [-0.25, -0.2) is 20.4 Å². The van der Waals surface area contributed by atoms with Crippen molar-refractivity contribution in [3.8, 4) is 11.1 Å². The molecule has 13 heteroatoms. The Labute approximate surface area is 235 Å². The molecule has 4 fully saturated rings. The fourth-order valence-electron chi connectivity index (χ4n) is 6.10. The van der Waals surface area contributed by atoms with E-state index in [4.69, 9.17) is 17.0 Å². The van der Waals surface area contributed by atoms with Crippen molar-refractivity contribution in [1.82, 2.24) is 24.9 Å². The van der Waals surface area contributed by atoms with Crippen LogP contribution in [0.1, 0.15) is 18.5 Å². The van der Waals surface area contributed by atoms with Gasteiger partial charge >= 0.3 is 6.09 Å². The molecule has 2 saturated carbocycles. The number of piperidine rings is 1. The third kappa shape index (κ3) is 4.00. The Balaban J connectivity index is 0.00000289. The van der Waals surface area contributed by atoms with Crippen LogP contribution in [0.4, 0.5) is 14.9 Å². The van der Waals surface area contributed by atoms with Gasteiger partial charge in [-0.1, -0.05) is 11.3 Å². The van der Waals surface area contributed by atoms with Crippen molar-refractivity contribution in [2.45, 2.75) is 36.6 Å². The summed E-state index contributed by atoms with van der Waals surface area (Å²) in [6.07, 6.45) is 5.28. The van der Waals surface area contributed by atoms with Gasteiger partial charge in [-0.15, -0.1) is 17.5 Å². The summed E-state index contributed by atoms with van der Waals surface area (Å²) in [5.41, 5.74) is 6.58. The van der Waals surface area contributed by atoms with Crippen molar-refractivity contribution in [1.29, 1.82) is 0 Å². The Morgan fingerprint density at radius 1 is 1.20 bits per heavy atom. The molecule has 4 atom stereocenters. The van der Waals surface area contributed by atoms with Gasteiger partial charge in [0.2, 0.25) is 5.91 Å². The average molecular weight is 565 g/mol. The summed E-state index contributed by atoms with van der Waals surface area (Å²) in [5, 5.41) is 7.63. The third-order valence-electron chi connectivity index (χ3n) is 8.51. The molecule has 3 aromatic rings. The minimum Gasteiger partial charge on any atom is -0.442 e. The Morgan fingerprint density at radius 2 is 1.98 bits per heavy atom. The van der Waals surface area contributed by atoms with E-state index in [9.17, 15) is 9.59 Å². The quantitative estimate of drug-likeness (QED) is 0.456. The second-order valence-electron chi connectivity index (χ2n) is 10.9. The van der Waals surface area contributed by atoms with Crippen LogP contribution in [-0.4, -0.2) is 68.2 Å². The molecule has 0 radical (unpaired) electrons. The molecule has 0 bridgehead atoms. The number of fused-ring (bicyclic) bond motifs is 1. The van der Waals surface area contributed by atoms with E-state index in [0.717, 1.165) is 12.8 Å². The fourth-order valence-corrected chi connectivity index (χ4v) is 6.10. The minimum absolute atomic E-state index is 0. The molecule has 2 saturated heterocycles. The van der Waals surface area contributed by atoms with E-state index < -0.39 is 29.1 Å². The first-order valence-electron chi connectivity index (χ1n) is 12.9. The molecular formula is C27H26ClFN8O3. The number of nitrogens with zero attached hydrogens (tertiary/aromatic N) is 7. The zero-order chi connectivity index (χ0) is 26.9. The summed E-state index contributed by atoms with van der Waals surface area (Å²) >= 11 is 0. The monoisotopic (exact) mass is 564 g/mol. The molecular weight excluding hydrogens is 539 g/mol. The number of amides is 2. The molecule has 11 nitrogen and oxygen atoms in total. The number of ether oxygens (including phenoxy) is 1. The first-order chi connectivity index (χ1) is 18.8. The second-order valence-corrected chi connectivity index (χ2v) is 10.9. The summed E-state index contributed by atoms with van der Waals surface area (Å²) in [6.45, 7) is 9.56. The predicted molar refractivity (Wildman–Crippen MR) is 143 cm³/mol. The number of carbonyl (C=O) groups excluding carboxylic acids is 2. The van der Waals surface area contributed by atoms with Crippen LogP contribution >= 0.6 is 12.4 Å². The van der Waals surface area contributed by atoms with E-state index in [1.54, 1.807) is 52.4 Å². The van der Waals surface area contributed by atoms with E-state index in [1.807, 2.05) is 0 Å². The normalized spacial score (nSPS) is 27.4. The van der Waals surface area contributed by atoms with Crippen molar-refractivity contribution in [3.05, 3.63) is 71.9 Å². The summed E-state index contributed by atoms with van der Waals surface area (Å²) < 4.78 is 22.2. The van der Waals surface area contributed by atoms with Crippen LogP contribution in [0.25, 0.3) is 16.0 Å². The van der Waals surface area contributed by atoms with Crippen LogP contribution < -0.4 is 10.6 Å². The van der Waals surface area contributed by atoms with Gasteiger partial charge in [-0.05, 0) is 37.1 Å². The Bertz CT molecular complexity index is 1510. The molecule has 2 aliphatic heterocycles. The molecule has 2 amide bonds. The van der Waals surface area contributed by atoms with E-state index in [2.05, 4.69) is 20.1 Å². The number of nitrogens with two attached hydrogens (primary N) is 1. The van der Waals surface area contributed by atoms with Gasteiger partial charge in [0.05, 0.1) is 42.3 Å². The van der Waals surface area contributed by atoms with E-state index in [0.29, 0.717) is 42.1 Å². The number of rotatable bonds is 6. The zero-order valence-electron chi connectivity index (χ0n) is 21.3. The molecule has 2 aliphatic carbocycles. The largest absolute Gasteiger partial charge is 0.442 e. The lowest BCUT2D eigenvalue weighted by Gasteiger charge is -2.24.